The van der Waals surface area contributed by atoms with Gasteiger partial charge in [-0.2, -0.15) is 0 Å². The third kappa shape index (κ3) is 4.35. The van der Waals surface area contributed by atoms with Crippen molar-refractivity contribution >= 4 is 0 Å². The van der Waals surface area contributed by atoms with Gasteiger partial charge in [0.2, 0.25) is 0 Å². The fraction of sp³-hybridized carbons (Fsp3) is 0.250. The Bertz CT molecular complexity index is 661. The molecule has 0 spiro atoms. The van der Waals surface area contributed by atoms with Crippen LogP contribution >= 0.6 is 0 Å². The molecule has 122 valence electrons. The second kappa shape index (κ2) is 8.49. The van der Waals surface area contributed by atoms with Gasteiger partial charge in [0.1, 0.15) is 0 Å². The molecule has 0 aliphatic rings. The Labute approximate surface area is 146 Å². The van der Waals surface area contributed by atoms with Gasteiger partial charge in [0.15, 0.2) is 0 Å². The highest BCUT2D eigenvalue weighted by Gasteiger charge is 2.14. The lowest BCUT2D eigenvalue weighted by Crippen LogP contribution is -2.02. The first-order valence-corrected chi connectivity index (χ1v) is 8.99. The minimum atomic E-state index is 0.496. The van der Waals surface area contributed by atoms with Crippen LogP contribution in [0.4, 0.5) is 0 Å². The molecule has 3 aromatic carbocycles. The molecular weight excluding hydrogens is 288 g/mol. The molecule has 0 aliphatic carbocycles. The van der Waals surface area contributed by atoms with Crippen molar-refractivity contribution in [3.05, 3.63) is 108 Å². The van der Waals surface area contributed by atoms with Gasteiger partial charge in [-0.05, 0) is 35.4 Å². The van der Waals surface area contributed by atoms with E-state index >= 15 is 0 Å². The van der Waals surface area contributed by atoms with Gasteiger partial charge in [-0.1, -0.05) is 104 Å². The highest BCUT2D eigenvalue weighted by molar-refractivity contribution is 5.32. The van der Waals surface area contributed by atoms with Crippen molar-refractivity contribution in [3.63, 3.8) is 0 Å². The first-order valence-electron chi connectivity index (χ1n) is 8.99. The van der Waals surface area contributed by atoms with E-state index < -0.39 is 0 Å². The molecule has 3 aromatic rings. The van der Waals surface area contributed by atoms with E-state index in [2.05, 4.69) is 97.9 Å². The minimum Gasteiger partial charge on any atom is -0.0622 e. The molecule has 0 aliphatic heterocycles. The van der Waals surface area contributed by atoms with Gasteiger partial charge in [0, 0.05) is 5.92 Å². The third-order valence-corrected chi connectivity index (χ3v) is 4.90. The van der Waals surface area contributed by atoms with Crippen molar-refractivity contribution in [2.75, 3.05) is 0 Å². The average molecular weight is 314 g/mol. The molecule has 0 saturated heterocycles. The maximum Gasteiger partial charge on any atom is 0.00893 e. The number of rotatable bonds is 7. The van der Waals surface area contributed by atoms with Crippen LogP contribution in [0.2, 0.25) is 0 Å². The fourth-order valence-electron chi connectivity index (χ4n) is 3.47. The van der Waals surface area contributed by atoms with E-state index in [1.54, 1.807) is 0 Å². The lowest BCUT2D eigenvalue weighted by atomic mass is 9.85. The molecule has 0 fully saturated rings. The summed E-state index contributed by atoms with van der Waals surface area (Å²) in [5.41, 5.74) is 4.31. The van der Waals surface area contributed by atoms with Crippen LogP contribution in [0.25, 0.3) is 0 Å². The summed E-state index contributed by atoms with van der Waals surface area (Å²) in [5, 5.41) is 0. The number of benzene rings is 3. The smallest absolute Gasteiger partial charge is 0.00893 e. The van der Waals surface area contributed by atoms with Crippen molar-refractivity contribution in [1.82, 2.24) is 0 Å². The zero-order chi connectivity index (χ0) is 16.6. The van der Waals surface area contributed by atoms with Crippen LogP contribution in [0.3, 0.4) is 0 Å². The van der Waals surface area contributed by atoms with Gasteiger partial charge in [-0.15, -0.1) is 0 Å². The van der Waals surface area contributed by atoms with E-state index in [1.165, 1.54) is 36.0 Å². The average Bonchev–Trinajstić information content (AvgIpc) is 2.67. The van der Waals surface area contributed by atoms with Gasteiger partial charge >= 0.3 is 0 Å². The van der Waals surface area contributed by atoms with E-state index in [0.717, 1.165) is 0 Å². The first-order chi connectivity index (χ1) is 11.8. The summed E-state index contributed by atoms with van der Waals surface area (Å²) in [6, 6.07) is 32.7. The Hall–Kier alpha value is -2.34. The Morgan fingerprint density at radius 3 is 1.42 bits per heavy atom. The molecule has 1 atom stereocenters. The predicted octanol–water partition coefficient (Wildman–Crippen LogP) is 6.79. The summed E-state index contributed by atoms with van der Waals surface area (Å²) in [6.07, 6.45) is 3.68. The Morgan fingerprint density at radius 2 is 0.958 bits per heavy atom. The quantitative estimate of drug-likeness (QED) is 0.450. The van der Waals surface area contributed by atoms with E-state index in [9.17, 15) is 0 Å². The second-order valence-electron chi connectivity index (χ2n) is 6.62. The molecule has 0 nitrogen and oxygen atoms in total. The third-order valence-electron chi connectivity index (χ3n) is 4.90. The largest absolute Gasteiger partial charge is 0.0622 e. The Morgan fingerprint density at radius 1 is 0.542 bits per heavy atom. The van der Waals surface area contributed by atoms with Crippen LogP contribution in [-0.2, 0) is 0 Å². The lowest BCUT2D eigenvalue weighted by molar-refractivity contribution is 0.575. The zero-order valence-electron chi connectivity index (χ0n) is 14.4. The van der Waals surface area contributed by atoms with E-state index in [0.29, 0.717) is 11.8 Å². The fourth-order valence-corrected chi connectivity index (χ4v) is 3.47. The highest BCUT2D eigenvalue weighted by Crippen LogP contribution is 2.31. The van der Waals surface area contributed by atoms with Crippen molar-refractivity contribution in [2.24, 2.45) is 0 Å². The van der Waals surface area contributed by atoms with E-state index in [-0.39, 0.29) is 0 Å². The van der Waals surface area contributed by atoms with Gasteiger partial charge in [-0.3, -0.25) is 0 Å². The molecular formula is C24H26. The molecule has 0 heteroatoms. The standard InChI is InChI=1S/C24H26/c1-20(21-13-5-2-6-14-21)12-11-19-24(22-15-7-3-8-16-22)23-17-9-4-10-18-23/h2-10,13-18,20,24H,11-12,19H2,1H3. The molecule has 0 heterocycles. The lowest BCUT2D eigenvalue weighted by Gasteiger charge is -2.19. The van der Waals surface area contributed by atoms with Crippen LogP contribution in [0.5, 0.6) is 0 Å². The number of hydrogen-bond donors (Lipinski definition) is 0. The topological polar surface area (TPSA) is 0 Å². The summed E-state index contributed by atoms with van der Waals surface area (Å²) >= 11 is 0. The second-order valence-corrected chi connectivity index (χ2v) is 6.62. The normalized spacial score (nSPS) is 12.2. The van der Waals surface area contributed by atoms with Gasteiger partial charge < -0.3 is 0 Å². The molecule has 0 aromatic heterocycles. The van der Waals surface area contributed by atoms with Crippen molar-refractivity contribution < 1.29 is 0 Å². The van der Waals surface area contributed by atoms with E-state index in [1.807, 2.05) is 0 Å². The number of hydrogen-bond acceptors (Lipinski definition) is 0. The molecule has 0 radical (unpaired) electrons. The summed E-state index contributed by atoms with van der Waals surface area (Å²) in [7, 11) is 0. The van der Waals surface area contributed by atoms with Crippen LogP contribution in [-0.4, -0.2) is 0 Å². The van der Waals surface area contributed by atoms with Gasteiger partial charge in [0.25, 0.3) is 0 Å². The van der Waals surface area contributed by atoms with Gasteiger partial charge in [0.05, 0.1) is 0 Å². The van der Waals surface area contributed by atoms with Crippen LogP contribution in [0.1, 0.15) is 54.7 Å². The molecule has 1 unspecified atom stereocenters. The van der Waals surface area contributed by atoms with Crippen LogP contribution in [0, 0.1) is 0 Å². The SMILES string of the molecule is CC(CCCC(c1ccccc1)c1ccccc1)c1ccccc1. The minimum absolute atomic E-state index is 0.496. The molecule has 0 bridgehead atoms. The molecule has 0 amide bonds. The summed E-state index contributed by atoms with van der Waals surface area (Å²) < 4.78 is 0. The maximum atomic E-state index is 2.34. The molecule has 0 saturated carbocycles. The maximum absolute atomic E-state index is 2.34. The molecule has 0 N–H and O–H groups in total. The molecule has 3 rings (SSSR count). The monoisotopic (exact) mass is 314 g/mol. The van der Waals surface area contributed by atoms with Crippen molar-refractivity contribution in [3.8, 4) is 0 Å². The van der Waals surface area contributed by atoms with Crippen molar-refractivity contribution in [1.29, 1.82) is 0 Å². The van der Waals surface area contributed by atoms with E-state index in [4.69, 9.17) is 0 Å². The highest BCUT2D eigenvalue weighted by atomic mass is 14.2. The summed E-state index contributed by atoms with van der Waals surface area (Å²) in [5.74, 6) is 1.12. The van der Waals surface area contributed by atoms with Crippen molar-refractivity contribution in [2.45, 2.75) is 38.0 Å². The summed E-state index contributed by atoms with van der Waals surface area (Å²) in [6.45, 7) is 2.34. The van der Waals surface area contributed by atoms with Crippen LogP contribution in [0.15, 0.2) is 91.0 Å². The summed E-state index contributed by atoms with van der Waals surface area (Å²) in [4.78, 5) is 0. The molecule has 24 heavy (non-hydrogen) atoms. The van der Waals surface area contributed by atoms with Gasteiger partial charge in [-0.25, -0.2) is 0 Å². The van der Waals surface area contributed by atoms with Crippen LogP contribution < -0.4 is 0 Å². The predicted molar refractivity (Wildman–Crippen MR) is 103 cm³/mol. The zero-order valence-corrected chi connectivity index (χ0v) is 14.4. The Balaban J connectivity index is 1.67. The Kier molecular flexibility index (Phi) is 5.85. The first kappa shape index (κ1) is 16.5.